The van der Waals surface area contributed by atoms with Gasteiger partial charge in [-0.05, 0) is 35.9 Å². The minimum atomic E-state index is -0.888. The molecule has 2 atom stereocenters. The van der Waals surface area contributed by atoms with E-state index < -0.39 is 17.8 Å². The normalized spacial score (nSPS) is 20.3. The number of furan rings is 1. The van der Waals surface area contributed by atoms with Gasteiger partial charge in [-0.3, -0.25) is 14.4 Å². The van der Waals surface area contributed by atoms with Crippen molar-refractivity contribution in [2.75, 3.05) is 18.4 Å². The number of piperidine rings is 1. The molecule has 0 aromatic carbocycles. The first kappa shape index (κ1) is 17.2. The Labute approximate surface area is 148 Å². The monoisotopic (exact) mass is 362 g/mol. The maximum absolute atomic E-state index is 12.8. The highest BCUT2D eigenvalue weighted by atomic mass is 32.1. The predicted molar refractivity (Wildman–Crippen MR) is 91.8 cm³/mol. The van der Waals surface area contributed by atoms with Gasteiger partial charge >= 0.3 is 5.97 Å². The molecule has 2 unspecified atom stereocenters. The summed E-state index contributed by atoms with van der Waals surface area (Å²) in [6, 6.07) is 4.78. The Morgan fingerprint density at radius 1 is 1.32 bits per heavy atom. The Hall–Kier alpha value is -2.61. The van der Waals surface area contributed by atoms with Crippen LogP contribution in [-0.2, 0) is 4.79 Å². The van der Waals surface area contributed by atoms with Crippen LogP contribution in [0.5, 0.6) is 0 Å². The third-order valence-corrected chi connectivity index (χ3v) is 4.99. The Bertz CT molecular complexity index is 783. The highest BCUT2D eigenvalue weighted by molar-refractivity contribution is 7.14. The minimum Gasteiger partial charge on any atom is -0.481 e. The van der Waals surface area contributed by atoms with E-state index in [0.29, 0.717) is 23.5 Å². The first-order chi connectivity index (χ1) is 12.0. The number of nitrogens with zero attached hydrogens (tertiary/aromatic N) is 1. The molecule has 2 aromatic rings. The topological polar surface area (TPSA) is 99.9 Å². The minimum absolute atomic E-state index is 0.110. The van der Waals surface area contributed by atoms with Gasteiger partial charge in [-0.1, -0.05) is 6.92 Å². The molecule has 0 saturated carbocycles. The zero-order chi connectivity index (χ0) is 18.0. The molecule has 2 N–H and O–H groups in total. The van der Waals surface area contributed by atoms with E-state index in [9.17, 15) is 19.5 Å². The molecule has 0 bridgehead atoms. The summed E-state index contributed by atoms with van der Waals surface area (Å²) in [5.74, 6) is -1.89. The van der Waals surface area contributed by atoms with Gasteiger partial charge in [-0.25, -0.2) is 0 Å². The predicted octanol–water partition coefficient (Wildman–Crippen LogP) is 2.78. The van der Waals surface area contributed by atoms with Gasteiger partial charge in [0.1, 0.15) is 5.00 Å². The van der Waals surface area contributed by atoms with Crippen LogP contribution in [0, 0.1) is 11.8 Å². The van der Waals surface area contributed by atoms with Crippen LogP contribution in [0.25, 0.3) is 0 Å². The molecule has 0 radical (unpaired) electrons. The smallest absolute Gasteiger partial charge is 0.308 e. The molecule has 7 nitrogen and oxygen atoms in total. The molecule has 8 heteroatoms. The summed E-state index contributed by atoms with van der Waals surface area (Å²) in [4.78, 5) is 37.8. The standard InChI is InChI=1S/C17H18N2O5S/c1-10-7-11(17(22)23)9-19(8-10)16(21)12-4-6-25-15(12)18-14(20)13-3-2-5-24-13/h2-6,10-11H,7-9H2,1H3,(H,18,20)(H,22,23). The van der Waals surface area contributed by atoms with Crippen molar-refractivity contribution in [3.05, 3.63) is 41.2 Å². The van der Waals surface area contributed by atoms with E-state index in [1.165, 1.54) is 23.7 Å². The van der Waals surface area contributed by atoms with Gasteiger partial charge in [0.15, 0.2) is 5.76 Å². The summed E-state index contributed by atoms with van der Waals surface area (Å²) in [5, 5.41) is 14.1. The average Bonchev–Trinajstić information content (AvgIpc) is 3.25. The second-order valence-electron chi connectivity index (χ2n) is 6.18. The van der Waals surface area contributed by atoms with Crippen molar-refractivity contribution in [2.24, 2.45) is 11.8 Å². The Morgan fingerprint density at radius 2 is 2.12 bits per heavy atom. The lowest BCUT2D eigenvalue weighted by atomic mass is 9.90. The fourth-order valence-corrected chi connectivity index (χ4v) is 3.79. The van der Waals surface area contributed by atoms with Crippen molar-refractivity contribution in [2.45, 2.75) is 13.3 Å². The SMILES string of the molecule is CC1CC(C(=O)O)CN(C(=O)c2ccsc2NC(=O)c2ccco2)C1. The van der Waals surface area contributed by atoms with Crippen LogP contribution >= 0.6 is 11.3 Å². The van der Waals surface area contributed by atoms with Gasteiger partial charge in [0.25, 0.3) is 11.8 Å². The zero-order valence-corrected chi connectivity index (χ0v) is 14.4. The lowest BCUT2D eigenvalue weighted by Gasteiger charge is -2.34. The number of anilines is 1. The lowest BCUT2D eigenvalue weighted by Crippen LogP contribution is -2.45. The molecule has 2 amide bonds. The summed E-state index contributed by atoms with van der Waals surface area (Å²) >= 11 is 1.24. The number of carbonyl (C=O) groups excluding carboxylic acids is 2. The van der Waals surface area contributed by atoms with Crippen molar-refractivity contribution in [1.82, 2.24) is 4.90 Å². The second kappa shape index (κ2) is 7.10. The van der Waals surface area contributed by atoms with Crippen LogP contribution in [0.3, 0.4) is 0 Å². The number of carboxylic acid groups (broad SMARTS) is 1. The van der Waals surface area contributed by atoms with E-state index >= 15 is 0 Å². The van der Waals surface area contributed by atoms with Gasteiger partial charge in [0, 0.05) is 13.1 Å². The molecule has 2 aromatic heterocycles. The average molecular weight is 362 g/mol. The molecule has 1 fully saturated rings. The highest BCUT2D eigenvalue weighted by Gasteiger charge is 2.33. The van der Waals surface area contributed by atoms with E-state index in [4.69, 9.17) is 4.42 Å². The third kappa shape index (κ3) is 3.74. The number of hydrogen-bond acceptors (Lipinski definition) is 5. The molecule has 132 valence electrons. The van der Waals surface area contributed by atoms with E-state index in [1.807, 2.05) is 6.92 Å². The largest absolute Gasteiger partial charge is 0.481 e. The molecule has 0 spiro atoms. The van der Waals surface area contributed by atoms with E-state index in [0.717, 1.165) is 0 Å². The van der Waals surface area contributed by atoms with Gasteiger partial charge in [0.05, 0.1) is 17.7 Å². The summed E-state index contributed by atoms with van der Waals surface area (Å²) in [7, 11) is 0. The number of rotatable bonds is 4. The van der Waals surface area contributed by atoms with Gasteiger partial charge in [-0.2, -0.15) is 0 Å². The van der Waals surface area contributed by atoms with Crippen molar-refractivity contribution in [3.63, 3.8) is 0 Å². The summed E-state index contributed by atoms with van der Waals surface area (Å²) < 4.78 is 5.05. The fraction of sp³-hybridized carbons (Fsp3) is 0.353. The van der Waals surface area contributed by atoms with Crippen LogP contribution in [0.4, 0.5) is 5.00 Å². The molecular formula is C17H18N2O5S. The van der Waals surface area contributed by atoms with E-state index in [1.54, 1.807) is 22.4 Å². The zero-order valence-electron chi connectivity index (χ0n) is 13.6. The summed E-state index contributed by atoms with van der Waals surface area (Å²) in [6.45, 7) is 2.62. The van der Waals surface area contributed by atoms with Crippen molar-refractivity contribution < 1.29 is 23.9 Å². The second-order valence-corrected chi connectivity index (χ2v) is 7.10. The number of carbonyl (C=O) groups is 3. The van der Waals surface area contributed by atoms with Gasteiger partial charge < -0.3 is 19.7 Å². The summed E-state index contributed by atoms with van der Waals surface area (Å²) in [6.07, 6.45) is 1.96. The molecule has 1 aliphatic rings. The molecule has 1 aliphatic heterocycles. The van der Waals surface area contributed by atoms with E-state index in [2.05, 4.69) is 5.32 Å². The molecule has 0 aliphatic carbocycles. The number of nitrogens with one attached hydrogen (secondary N) is 1. The molecular weight excluding hydrogens is 344 g/mol. The quantitative estimate of drug-likeness (QED) is 0.871. The molecule has 3 rings (SSSR count). The first-order valence-corrected chi connectivity index (χ1v) is 8.78. The van der Waals surface area contributed by atoms with Crippen LogP contribution in [0.15, 0.2) is 34.3 Å². The maximum atomic E-state index is 12.8. The van der Waals surface area contributed by atoms with Crippen LogP contribution in [0.2, 0.25) is 0 Å². The maximum Gasteiger partial charge on any atom is 0.308 e. The first-order valence-electron chi connectivity index (χ1n) is 7.90. The fourth-order valence-electron chi connectivity index (χ4n) is 3.01. The lowest BCUT2D eigenvalue weighted by molar-refractivity contribution is -0.143. The molecule has 3 heterocycles. The Balaban J connectivity index is 1.76. The van der Waals surface area contributed by atoms with Crippen molar-refractivity contribution in [1.29, 1.82) is 0 Å². The number of aliphatic carboxylic acids is 1. The van der Waals surface area contributed by atoms with Gasteiger partial charge in [-0.15, -0.1) is 11.3 Å². The van der Waals surface area contributed by atoms with Gasteiger partial charge in [0.2, 0.25) is 0 Å². The highest BCUT2D eigenvalue weighted by Crippen LogP contribution is 2.29. The number of amides is 2. The third-order valence-electron chi connectivity index (χ3n) is 4.16. The van der Waals surface area contributed by atoms with Crippen molar-refractivity contribution in [3.8, 4) is 0 Å². The number of likely N-dealkylation sites (tertiary alicyclic amines) is 1. The van der Waals surface area contributed by atoms with E-state index in [-0.39, 0.29) is 24.1 Å². The van der Waals surface area contributed by atoms with Crippen molar-refractivity contribution >= 4 is 34.1 Å². The van der Waals surface area contributed by atoms with Crippen LogP contribution in [0.1, 0.15) is 34.3 Å². The molecule has 1 saturated heterocycles. The Morgan fingerprint density at radius 3 is 2.80 bits per heavy atom. The molecule has 25 heavy (non-hydrogen) atoms. The van der Waals surface area contributed by atoms with Crippen LogP contribution < -0.4 is 5.32 Å². The van der Waals surface area contributed by atoms with Crippen LogP contribution in [-0.4, -0.2) is 40.9 Å². The number of hydrogen-bond donors (Lipinski definition) is 2. The number of thiophene rings is 1. The summed E-state index contributed by atoms with van der Waals surface area (Å²) in [5.41, 5.74) is 0.364. The Kier molecular flexibility index (Phi) is 4.89. The number of carboxylic acids is 1.